The Kier molecular flexibility index (Phi) is 4.74. The van der Waals surface area contributed by atoms with Gasteiger partial charge in [0, 0.05) is 0 Å². The van der Waals surface area contributed by atoms with Crippen LogP contribution in [-0.4, -0.2) is 18.7 Å². The zero-order valence-corrected chi connectivity index (χ0v) is 9.12. The van der Waals surface area contributed by atoms with Gasteiger partial charge in [0.25, 0.3) is 0 Å². The highest BCUT2D eigenvalue weighted by Gasteiger charge is 2.06. The molecule has 17 heavy (non-hydrogen) atoms. The first-order chi connectivity index (χ1) is 8.13. The summed E-state index contributed by atoms with van der Waals surface area (Å²) in [6, 6.07) is 4.88. The van der Waals surface area contributed by atoms with E-state index in [4.69, 9.17) is 0 Å². The quantitative estimate of drug-likeness (QED) is 0.688. The maximum Gasteiger partial charge on any atom is 0.426 e. The van der Waals surface area contributed by atoms with Gasteiger partial charge >= 0.3 is 12.1 Å². The number of urea groups is 1. The van der Waals surface area contributed by atoms with Crippen molar-refractivity contribution in [1.82, 2.24) is 10.9 Å². The van der Waals surface area contributed by atoms with Gasteiger partial charge in [-0.05, 0) is 19.1 Å². The van der Waals surface area contributed by atoms with E-state index in [0.29, 0.717) is 0 Å². The van der Waals surface area contributed by atoms with Crippen molar-refractivity contribution in [3.05, 3.63) is 30.1 Å². The molecule has 0 saturated heterocycles. The Morgan fingerprint density at radius 1 is 1.29 bits per heavy atom. The molecule has 0 fully saturated rings. The molecule has 0 aromatic heterocycles. The smallest absolute Gasteiger partial charge is 0.426 e. The van der Waals surface area contributed by atoms with E-state index in [0.717, 1.165) is 0 Å². The summed E-state index contributed by atoms with van der Waals surface area (Å²) in [5.74, 6) is -0.571. The lowest BCUT2D eigenvalue weighted by Crippen LogP contribution is -2.44. The molecule has 3 amide bonds. The van der Waals surface area contributed by atoms with E-state index in [1.54, 1.807) is 13.0 Å². The topological polar surface area (TPSA) is 79.5 Å². The molecular weight excluding hydrogens is 229 g/mol. The standard InChI is InChI=1S/C10H12FN3O3/c1-2-17-10(16)14-13-9(15)12-8-6-4-3-5-7(8)11/h3-6H,2H2,1H3,(H,14,16)(H2,12,13,15). The number of halogens is 1. The number of rotatable bonds is 2. The van der Waals surface area contributed by atoms with Gasteiger partial charge in [0.15, 0.2) is 0 Å². The van der Waals surface area contributed by atoms with Crippen LogP contribution in [-0.2, 0) is 4.74 Å². The van der Waals surface area contributed by atoms with Crippen molar-refractivity contribution < 1.29 is 18.7 Å². The lowest BCUT2D eigenvalue weighted by Gasteiger charge is -2.09. The summed E-state index contributed by atoms with van der Waals surface area (Å²) in [7, 11) is 0. The number of hydrogen-bond donors (Lipinski definition) is 3. The number of hydrazine groups is 1. The van der Waals surface area contributed by atoms with Gasteiger partial charge in [0.1, 0.15) is 5.82 Å². The van der Waals surface area contributed by atoms with Crippen LogP contribution in [0.25, 0.3) is 0 Å². The van der Waals surface area contributed by atoms with Crippen molar-refractivity contribution in [3.63, 3.8) is 0 Å². The number of ether oxygens (including phenoxy) is 1. The molecular formula is C10H12FN3O3. The van der Waals surface area contributed by atoms with Crippen LogP contribution in [0.15, 0.2) is 24.3 Å². The maximum absolute atomic E-state index is 13.1. The summed E-state index contributed by atoms with van der Waals surface area (Å²) in [6.07, 6.45) is -0.795. The third-order valence-corrected chi connectivity index (χ3v) is 1.68. The van der Waals surface area contributed by atoms with E-state index in [-0.39, 0.29) is 12.3 Å². The average Bonchev–Trinajstić information content (AvgIpc) is 2.30. The molecule has 0 aliphatic heterocycles. The molecule has 0 atom stereocenters. The summed E-state index contributed by atoms with van der Waals surface area (Å²) in [5.41, 5.74) is 3.99. The summed E-state index contributed by atoms with van der Waals surface area (Å²) < 4.78 is 17.6. The van der Waals surface area contributed by atoms with Crippen LogP contribution in [0, 0.1) is 5.82 Å². The molecule has 1 aromatic rings. The highest BCUT2D eigenvalue weighted by atomic mass is 19.1. The number of amides is 3. The minimum Gasteiger partial charge on any atom is -0.449 e. The van der Waals surface area contributed by atoms with Crippen molar-refractivity contribution in [2.24, 2.45) is 0 Å². The molecule has 6 nitrogen and oxygen atoms in total. The second-order valence-electron chi connectivity index (χ2n) is 2.90. The largest absolute Gasteiger partial charge is 0.449 e. The molecule has 0 bridgehead atoms. The SMILES string of the molecule is CCOC(=O)NNC(=O)Nc1ccccc1F. The predicted octanol–water partition coefficient (Wildman–Crippen LogP) is 1.61. The minimum atomic E-state index is -0.795. The lowest BCUT2D eigenvalue weighted by atomic mass is 10.3. The maximum atomic E-state index is 13.1. The van der Waals surface area contributed by atoms with Gasteiger partial charge < -0.3 is 10.1 Å². The van der Waals surface area contributed by atoms with Gasteiger partial charge in [-0.2, -0.15) is 0 Å². The molecule has 1 rings (SSSR count). The number of anilines is 1. The Labute approximate surface area is 97.1 Å². The molecule has 3 N–H and O–H groups in total. The van der Waals surface area contributed by atoms with Gasteiger partial charge in [-0.25, -0.2) is 24.8 Å². The zero-order chi connectivity index (χ0) is 12.7. The Morgan fingerprint density at radius 2 is 2.00 bits per heavy atom. The Balaban J connectivity index is 2.40. The van der Waals surface area contributed by atoms with Crippen molar-refractivity contribution >= 4 is 17.8 Å². The first-order valence-corrected chi connectivity index (χ1v) is 4.87. The van der Waals surface area contributed by atoms with E-state index < -0.39 is 17.9 Å². The van der Waals surface area contributed by atoms with Crippen LogP contribution < -0.4 is 16.2 Å². The molecule has 0 unspecified atom stereocenters. The van der Waals surface area contributed by atoms with E-state index in [1.165, 1.54) is 18.2 Å². The predicted molar refractivity (Wildman–Crippen MR) is 58.7 cm³/mol. The second-order valence-corrected chi connectivity index (χ2v) is 2.90. The number of benzene rings is 1. The fourth-order valence-electron chi connectivity index (χ4n) is 0.991. The Bertz CT molecular complexity index is 412. The molecule has 0 aliphatic rings. The van der Waals surface area contributed by atoms with Gasteiger partial charge in [0.2, 0.25) is 0 Å². The van der Waals surface area contributed by atoms with E-state index in [2.05, 4.69) is 10.1 Å². The molecule has 0 saturated carbocycles. The molecule has 0 radical (unpaired) electrons. The highest BCUT2D eigenvalue weighted by Crippen LogP contribution is 2.11. The summed E-state index contributed by atoms with van der Waals surface area (Å²) >= 11 is 0. The summed E-state index contributed by atoms with van der Waals surface area (Å²) in [6.45, 7) is 1.81. The Hall–Kier alpha value is -2.31. The minimum absolute atomic E-state index is 0.00987. The van der Waals surface area contributed by atoms with Gasteiger partial charge in [-0.15, -0.1) is 0 Å². The molecule has 92 valence electrons. The zero-order valence-electron chi connectivity index (χ0n) is 9.12. The van der Waals surface area contributed by atoms with Gasteiger partial charge in [-0.3, -0.25) is 0 Å². The van der Waals surface area contributed by atoms with Crippen molar-refractivity contribution in [2.75, 3.05) is 11.9 Å². The molecule has 0 heterocycles. The average molecular weight is 241 g/mol. The van der Waals surface area contributed by atoms with Crippen LogP contribution >= 0.6 is 0 Å². The van der Waals surface area contributed by atoms with Crippen molar-refractivity contribution in [1.29, 1.82) is 0 Å². The summed E-state index contributed by atoms with van der Waals surface area (Å²) in [4.78, 5) is 22.0. The van der Waals surface area contributed by atoms with Crippen molar-refractivity contribution in [2.45, 2.75) is 6.92 Å². The third-order valence-electron chi connectivity index (χ3n) is 1.68. The molecule has 0 aliphatic carbocycles. The van der Waals surface area contributed by atoms with Gasteiger partial charge in [0.05, 0.1) is 12.3 Å². The molecule has 7 heteroatoms. The highest BCUT2D eigenvalue weighted by molar-refractivity contribution is 5.90. The fourth-order valence-corrected chi connectivity index (χ4v) is 0.991. The third kappa shape index (κ3) is 4.37. The monoisotopic (exact) mass is 241 g/mol. The van der Waals surface area contributed by atoms with Crippen LogP contribution in [0.1, 0.15) is 6.92 Å². The van der Waals surface area contributed by atoms with Crippen LogP contribution in [0.4, 0.5) is 19.7 Å². The number of carbonyl (C=O) groups is 2. The lowest BCUT2D eigenvalue weighted by molar-refractivity contribution is 0.148. The Morgan fingerprint density at radius 3 is 2.65 bits per heavy atom. The number of hydrogen-bond acceptors (Lipinski definition) is 3. The molecule has 0 spiro atoms. The summed E-state index contributed by atoms with van der Waals surface area (Å²) in [5, 5.41) is 2.21. The fraction of sp³-hybridized carbons (Fsp3) is 0.200. The first kappa shape index (κ1) is 12.8. The second kappa shape index (κ2) is 6.31. The van der Waals surface area contributed by atoms with Gasteiger partial charge in [-0.1, -0.05) is 12.1 Å². The van der Waals surface area contributed by atoms with Crippen molar-refractivity contribution in [3.8, 4) is 0 Å². The number of para-hydroxylation sites is 1. The normalized spacial score (nSPS) is 9.29. The van der Waals surface area contributed by atoms with Crippen LogP contribution in [0.5, 0.6) is 0 Å². The molecule has 1 aromatic carbocycles. The number of nitrogens with one attached hydrogen (secondary N) is 3. The van der Waals surface area contributed by atoms with Crippen LogP contribution in [0.3, 0.4) is 0 Å². The van der Waals surface area contributed by atoms with E-state index in [1.807, 2.05) is 10.9 Å². The van der Waals surface area contributed by atoms with E-state index in [9.17, 15) is 14.0 Å². The first-order valence-electron chi connectivity index (χ1n) is 4.87. The number of carbonyl (C=O) groups excluding carboxylic acids is 2. The van der Waals surface area contributed by atoms with Crippen LogP contribution in [0.2, 0.25) is 0 Å². The van der Waals surface area contributed by atoms with E-state index >= 15 is 0 Å².